The van der Waals surface area contributed by atoms with E-state index in [-0.39, 0.29) is 23.5 Å². The maximum absolute atomic E-state index is 12.6. The number of carbonyl (C=O) groups excluding carboxylic acids is 3. The van der Waals surface area contributed by atoms with Gasteiger partial charge < -0.3 is 20.1 Å². The lowest BCUT2D eigenvalue weighted by atomic mass is 10.1. The Balaban J connectivity index is 1.62. The number of nitrogens with one attached hydrogen (secondary N) is 2. The highest BCUT2D eigenvalue weighted by Crippen LogP contribution is 2.41. The van der Waals surface area contributed by atoms with Crippen LogP contribution in [-0.2, 0) is 14.3 Å². The summed E-state index contributed by atoms with van der Waals surface area (Å²) in [5.74, 6) is -1.34. The molecule has 7 nitrogen and oxygen atoms in total. The van der Waals surface area contributed by atoms with E-state index in [0.29, 0.717) is 23.5 Å². The number of hydrogen-bond acceptors (Lipinski definition) is 5. The molecule has 0 bridgehead atoms. The first-order chi connectivity index (χ1) is 13.9. The third-order valence-electron chi connectivity index (χ3n) is 4.56. The average molecular weight is 396 g/mol. The predicted molar refractivity (Wildman–Crippen MR) is 109 cm³/mol. The van der Waals surface area contributed by atoms with Gasteiger partial charge in [-0.2, -0.15) is 0 Å². The van der Waals surface area contributed by atoms with Gasteiger partial charge in [0.1, 0.15) is 5.75 Å². The molecule has 0 saturated heterocycles. The summed E-state index contributed by atoms with van der Waals surface area (Å²) in [6.45, 7) is 3.82. The van der Waals surface area contributed by atoms with Crippen LogP contribution in [0.15, 0.2) is 48.5 Å². The van der Waals surface area contributed by atoms with Crippen LogP contribution < -0.4 is 15.4 Å². The minimum atomic E-state index is -0.534. The maximum atomic E-state index is 12.6. The minimum absolute atomic E-state index is 0.0256. The molecule has 1 aliphatic carbocycles. The fourth-order valence-electron chi connectivity index (χ4n) is 3.03. The summed E-state index contributed by atoms with van der Waals surface area (Å²) in [6, 6.07) is 13.8. The first-order valence-corrected chi connectivity index (χ1v) is 9.45. The lowest BCUT2D eigenvalue weighted by molar-refractivity contribution is -0.122. The van der Waals surface area contributed by atoms with Crippen molar-refractivity contribution in [3.05, 3.63) is 54.1 Å². The second-order valence-corrected chi connectivity index (χ2v) is 7.13. The van der Waals surface area contributed by atoms with Crippen LogP contribution in [0.25, 0.3) is 0 Å². The number of amides is 2. The van der Waals surface area contributed by atoms with Crippen LogP contribution >= 0.6 is 0 Å². The first kappa shape index (κ1) is 20.4. The number of anilines is 2. The molecule has 0 aromatic heterocycles. The van der Waals surface area contributed by atoms with Gasteiger partial charge in [0.05, 0.1) is 42.0 Å². The average Bonchev–Trinajstić information content (AvgIpc) is 3.50. The van der Waals surface area contributed by atoms with Crippen LogP contribution in [-0.4, -0.2) is 31.0 Å². The Kier molecular flexibility index (Phi) is 6.16. The van der Waals surface area contributed by atoms with Crippen LogP contribution in [0.2, 0.25) is 0 Å². The van der Waals surface area contributed by atoms with Gasteiger partial charge in [0.25, 0.3) is 0 Å². The molecular formula is C22H24N2O5. The molecule has 0 radical (unpaired) electrons. The second kappa shape index (κ2) is 8.77. The smallest absolute Gasteiger partial charge is 0.339 e. The van der Waals surface area contributed by atoms with Gasteiger partial charge in [0.15, 0.2) is 0 Å². The van der Waals surface area contributed by atoms with Crippen LogP contribution in [0.3, 0.4) is 0 Å². The molecule has 1 fully saturated rings. The Hall–Kier alpha value is -3.35. The largest absolute Gasteiger partial charge is 0.489 e. The lowest BCUT2D eigenvalue weighted by Gasteiger charge is -2.14. The summed E-state index contributed by atoms with van der Waals surface area (Å²) in [6.07, 6.45) is 0.424. The summed E-state index contributed by atoms with van der Waals surface area (Å²) in [5.41, 5.74) is 1.21. The van der Waals surface area contributed by atoms with E-state index in [4.69, 9.17) is 9.47 Å². The van der Waals surface area contributed by atoms with Gasteiger partial charge in [-0.05, 0) is 44.5 Å². The van der Waals surface area contributed by atoms with Gasteiger partial charge in [-0.1, -0.05) is 24.3 Å². The summed E-state index contributed by atoms with van der Waals surface area (Å²) in [5, 5.41) is 5.58. The Bertz CT molecular complexity index is 925. The molecule has 2 aromatic rings. The standard InChI is InChI=1S/C22H24N2O5/c1-13(2)29-19-11-7-6-10-18(19)24-21(26)16-12-15(16)20(25)23-17-9-5-4-8-14(17)22(27)28-3/h4-11,13,15-16H,12H2,1-3H3,(H,23,25)(H,24,26). The van der Waals surface area contributed by atoms with E-state index in [1.165, 1.54) is 7.11 Å². The van der Waals surface area contributed by atoms with Crippen LogP contribution in [0.4, 0.5) is 11.4 Å². The fourth-order valence-corrected chi connectivity index (χ4v) is 3.03. The van der Waals surface area contributed by atoms with Crippen molar-refractivity contribution in [2.75, 3.05) is 17.7 Å². The monoisotopic (exact) mass is 396 g/mol. The normalized spacial score (nSPS) is 17.4. The topological polar surface area (TPSA) is 93.7 Å². The second-order valence-electron chi connectivity index (χ2n) is 7.13. The van der Waals surface area contributed by atoms with Crippen LogP contribution in [0.1, 0.15) is 30.6 Å². The Morgan fingerprint density at radius 1 is 0.897 bits per heavy atom. The van der Waals surface area contributed by atoms with E-state index in [9.17, 15) is 14.4 Å². The van der Waals surface area contributed by atoms with Gasteiger partial charge in [0, 0.05) is 0 Å². The van der Waals surface area contributed by atoms with Gasteiger partial charge in [0.2, 0.25) is 11.8 Å². The van der Waals surface area contributed by atoms with E-state index in [1.54, 1.807) is 36.4 Å². The van der Waals surface area contributed by atoms with E-state index in [2.05, 4.69) is 10.6 Å². The Morgan fingerprint density at radius 3 is 2.07 bits per heavy atom. The third-order valence-corrected chi connectivity index (χ3v) is 4.56. The van der Waals surface area contributed by atoms with Gasteiger partial charge in [-0.25, -0.2) is 4.79 Å². The molecule has 0 heterocycles. The van der Waals surface area contributed by atoms with Gasteiger partial charge >= 0.3 is 5.97 Å². The quantitative estimate of drug-likeness (QED) is 0.699. The Morgan fingerprint density at radius 2 is 1.45 bits per heavy atom. The number of carbonyl (C=O) groups is 3. The number of ether oxygens (including phenoxy) is 2. The van der Waals surface area contributed by atoms with Crippen molar-refractivity contribution in [3.63, 3.8) is 0 Å². The van der Waals surface area contributed by atoms with E-state index in [1.807, 2.05) is 26.0 Å². The molecule has 2 N–H and O–H groups in total. The molecular weight excluding hydrogens is 372 g/mol. The van der Waals surface area contributed by atoms with Crippen LogP contribution in [0.5, 0.6) is 5.75 Å². The van der Waals surface area contributed by atoms with Crippen molar-refractivity contribution in [2.45, 2.75) is 26.4 Å². The number of rotatable bonds is 7. The van der Waals surface area contributed by atoms with Crippen molar-refractivity contribution in [2.24, 2.45) is 11.8 Å². The predicted octanol–water partition coefficient (Wildman–Crippen LogP) is 3.47. The molecule has 1 aliphatic rings. The van der Waals surface area contributed by atoms with Crippen molar-refractivity contribution in [3.8, 4) is 5.75 Å². The SMILES string of the molecule is COC(=O)c1ccccc1NC(=O)C1CC1C(=O)Nc1ccccc1OC(C)C. The number of benzene rings is 2. The summed E-state index contributed by atoms with van der Waals surface area (Å²) < 4.78 is 10.4. The maximum Gasteiger partial charge on any atom is 0.339 e. The zero-order valence-electron chi connectivity index (χ0n) is 16.6. The summed E-state index contributed by atoms with van der Waals surface area (Å²) >= 11 is 0. The fraction of sp³-hybridized carbons (Fsp3) is 0.318. The van der Waals surface area contributed by atoms with E-state index < -0.39 is 17.8 Å². The molecule has 29 heavy (non-hydrogen) atoms. The number of methoxy groups -OCH3 is 1. The van der Waals surface area contributed by atoms with Crippen molar-refractivity contribution in [1.82, 2.24) is 0 Å². The third kappa shape index (κ3) is 4.93. The number of para-hydroxylation sites is 3. The first-order valence-electron chi connectivity index (χ1n) is 9.45. The molecule has 2 unspecified atom stereocenters. The zero-order chi connectivity index (χ0) is 21.0. The number of hydrogen-bond donors (Lipinski definition) is 2. The molecule has 1 saturated carbocycles. The highest BCUT2D eigenvalue weighted by atomic mass is 16.5. The molecule has 3 rings (SSSR count). The molecule has 7 heteroatoms. The molecule has 2 amide bonds. The highest BCUT2D eigenvalue weighted by molar-refractivity contribution is 6.06. The number of esters is 1. The molecule has 2 atom stereocenters. The van der Waals surface area contributed by atoms with Crippen molar-refractivity contribution >= 4 is 29.2 Å². The lowest BCUT2D eigenvalue weighted by Crippen LogP contribution is -2.22. The molecule has 0 aliphatic heterocycles. The summed E-state index contributed by atoms with van der Waals surface area (Å²) in [4.78, 5) is 37.0. The van der Waals surface area contributed by atoms with Gasteiger partial charge in [-0.15, -0.1) is 0 Å². The van der Waals surface area contributed by atoms with Crippen molar-refractivity contribution < 1.29 is 23.9 Å². The highest BCUT2D eigenvalue weighted by Gasteiger charge is 2.48. The molecule has 2 aromatic carbocycles. The van der Waals surface area contributed by atoms with Gasteiger partial charge in [-0.3, -0.25) is 9.59 Å². The summed E-state index contributed by atoms with van der Waals surface area (Å²) in [7, 11) is 1.28. The van der Waals surface area contributed by atoms with E-state index in [0.717, 1.165) is 0 Å². The zero-order valence-corrected chi connectivity index (χ0v) is 16.6. The molecule has 152 valence electrons. The Labute approximate surface area is 169 Å². The van der Waals surface area contributed by atoms with E-state index >= 15 is 0 Å². The minimum Gasteiger partial charge on any atom is -0.489 e. The van der Waals surface area contributed by atoms with Crippen LogP contribution in [0, 0.1) is 11.8 Å². The van der Waals surface area contributed by atoms with Crippen molar-refractivity contribution in [1.29, 1.82) is 0 Å². The molecule has 0 spiro atoms.